The van der Waals surface area contributed by atoms with E-state index in [2.05, 4.69) is 5.16 Å². The van der Waals surface area contributed by atoms with Crippen molar-refractivity contribution in [2.75, 3.05) is 0 Å². The number of halogens is 3. The van der Waals surface area contributed by atoms with Crippen molar-refractivity contribution in [1.82, 2.24) is 5.16 Å². The van der Waals surface area contributed by atoms with E-state index in [0.717, 1.165) is 6.07 Å². The number of aromatic hydroxyl groups is 1. The number of phenolic OH excluding ortho intramolecular Hbond substituents is 1. The van der Waals surface area contributed by atoms with E-state index < -0.39 is 17.5 Å². The van der Waals surface area contributed by atoms with Gasteiger partial charge in [-0.3, -0.25) is 0 Å². The van der Waals surface area contributed by atoms with Crippen molar-refractivity contribution in [2.24, 2.45) is 0 Å². The molecule has 134 valence electrons. The molecule has 3 aromatic carbocycles. The first-order chi connectivity index (χ1) is 13.0. The second-order valence-electron chi connectivity index (χ2n) is 5.90. The summed E-state index contributed by atoms with van der Waals surface area (Å²) in [6.45, 7) is 0. The summed E-state index contributed by atoms with van der Waals surface area (Å²) < 4.78 is 47.7. The Bertz CT molecular complexity index is 1110. The van der Waals surface area contributed by atoms with Crippen molar-refractivity contribution in [1.29, 1.82) is 0 Å². The van der Waals surface area contributed by atoms with Crippen LogP contribution in [0.15, 0.2) is 71.3 Å². The van der Waals surface area contributed by atoms with Crippen LogP contribution in [-0.2, 0) is 0 Å². The minimum atomic E-state index is -1.30. The predicted octanol–water partition coefficient (Wildman–Crippen LogP) is 5.80. The lowest BCUT2D eigenvalue weighted by molar-refractivity contribution is 0.435. The van der Waals surface area contributed by atoms with Gasteiger partial charge in [-0.15, -0.1) is 0 Å². The molecule has 0 bridgehead atoms. The minimum Gasteiger partial charge on any atom is -0.508 e. The standard InChI is InChI=1S/C21H12F3NO2/c22-14-10-16(19(24)17(23)11-14)18-20(12-4-2-1-3-5-12)25-27-21(18)13-6-8-15(26)9-7-13/h1-11,26H. The number of hydrogen-bond donors (Lipinski definition) is 1. The molecule has 0 fully saturated rings. The molecular weight excluding hydrogens is 355 g/mol. The fourth-order valence-electron chi connectivity index (χ4n) is 2.88. The highest BCUT2D eigenvalue weighted by Crippen LogP contribution is 2.41. The molecule has 1 heterocycles. The van der Waals surface area contributed by atoms with Gasteiger partial charge in [0.1, 0.15) is 17.3 Å². The molecule has 0 aliphatic rings. The quantitative estimate of drug-likeness (QED) is 0.466. The van der Waals surface area contributed by atoms with Gasteiger partial charge in [-0.05, 0) is 30.3 Å². The molecule has 1 N–H and O–H groups in total. The van der Waals surface area contributed by atoms with E-state index in [1.54, 1.807) is 42.5 Å². The zero-order valence-corrected chi connectivity index (χ0v) is 13.8. The lowest BCUT2D eigenvalue weighted by Crippen LogP contribution is -1.94. The Morgan fingerprint density at radius 2 is 1.52 bits per heavy atom. The monoisotopic (exact) mass is 367 g/mol. The lowest BCUT2D eigenvalue weighted by Gasteiger charge is -2.08. The first kappa shape index (κ1) is 16.9. The van der Waals surface area contributed by atoms with Crippen molar-refractivity contribution in [3.8, 4) is 39.5 Å². The maximum Gasteiger partial charge on any atom is 0.175 e. The van der Waals surface area contributed by atoms with Crippen molar-refractivity contribution in [2.45, 2.75) is 0 Å². The summed E-state index contributed by atoms with van der Waals surface area (Å²) >= 11 is 0. The maximum atomic E-state index is 14.5. The van der Waals surface area contributed by atoms with E-state index in [-0.39, 0.29) is 28.3 Å². The first-order valence-corrected chi connectivity index (χ1v) is 8.04. The van der Waals surface area contributed by atoms with Gasteiger partial charge >= 0.3 is 0 Å². The van der Waals surface area contributed by atoms with Gasteiger partial charge in [-0.25, -0.2) is 13.2 Å². The maximum absolute atomic E-state index is 14.5. The van der Waals surface area contributed by atoms with E-state index in [0.29, 0.717) is 17.2 Å². The Morgan fingerprint density at radius 3 is 2.22 bits per heavy atom. The lowest BCUT2D eigenvalue weighted by atomic mass is 9.95. The molecule has 1 aromatic heterocycles. The Labute approximate surface area is 152 Å². The molecule has 0 saturated carbocycles. The molecule has 0 unspecified atom stereocenters. The molecule has 27 heavy (non-hydrogen) atoms. The SMILES string of the molecule is Oc1ccc(-c2onc(-c3ccccc3)c2-c2cc(F)cc(F)c2F)cc1. The van der Waals surface area contributed by atoms with Crippen LogP contribution in [0.25, 0.3) is 33.7 Å². The fraction of sp³-hybridized carbons (Fsp3) is 0. The van der Waals surface area contributed by atoms with E-state index in [4.69, 9.17) is 4.52 Å². The molecule has 4 rings (SSSR count). The van der Waals surface area contributed by atoms with Crippen LogP contribution in [-0.4, -0.2) is 10.3 Å². The van der Waals surface area contributed by atoms with Crippen LogP contribution in [0.4, 0.5) is 13.2 Å². The third-order valence-corrected chi connectivity index (χ3v) is 4.13. The van der Waals surface area contributed by atoms with Crippen molar-refractivity contribution >= 4 is 0 Å². The Hall–Kier alpha value is -3.54. The van der Waals surface area contributed by atoms with Crippen LogP contribution in [0.1, 0.15) is 0 Å². The molecule has 0 spiro atoms. The van der Waals surface area contributed by atoms with Crippen molar-refractivity contribution < 1.29 is 22.8 Å². The highest BCUT2D eigenvalue weighted by Gasteiger charge is 2.25. The second-order valence-corrected chi connectivity index (χ2v) is 5.90. The zero-order chi connectivity index (χ0) is 19.0. The van der Waals surface area contributed by atoms with Crippen molar-refractivity contribution in [3.05, 3.63) is 84.2 Å². The fourth-order valence-corrected chi connectivity index (χ4v) is 2.88. The molecule has 6 heteroatoms. The van der Waals surface area contributed by atoms with Crippen LogP contribution in [0.2, 0.25) is 0 Å². The van der Waals surface area contributed by atoms with Crippen molar-refractivity contribution in [3.63, 3.8) is 0 Å². The molecule has 4 aromatic rings. The largest absolute Gasteiger partial charge is 0.508 e. The van der Waals surface area contributed by atoms with Gasteiger partial charge in [0.05, 0.1) is 5.56 Å². The molecule has 0 atom stereocenters. The van der Waals surface area contributed by atoms with Gasteiger partial charge in [-0.2, -0.15) is 0 Å². The summed E-state index contributed by atoms with van der Waals surface area (Å²) in [6.07, 6.45) is 0. The molecule has 0 aliphatic heterocycles. The number of hydrogen-bond acceptors (Lipinski definition) is 3. The molecule has 0 aliphatic carbocycles. The minimum absolute atomic E-state index is 0.0334. The zero-order valence-electron chi connectivity index (χ0n) is 13.8. The molecule has 0 saturated heterocycles. The van der Waals surface area contributed by atoms with E-state index in [1.807, 2.05) is 0 Å². The predicted molar refractivity (Wildman–Crippen MR) is 94.3 cm³/mol. The van der Waals surface area contributed by atoms with Gasteiger partial charge in [0, 0.05) is 22.8 Å². The van der Waals surface area contributed by atoms with E-state index in [1.165, 1.54) is 12.1 Å². The summed E-state index contributed by atoms with van der Waals surface area (Å²) in [4.78, 5) is 0. The summed E-state index contributed by atoms with van der Waals surface area (Å²) in [5.74, 6) is -3.25. The molecule has 0 radical (unpaired) electrons. The summed E-state index contributed by atoms with van der Waals surface area (Å²) in [7, 11) is 0. The second kappa shape index (κ2) is 6.64. The smallest absolute Gasteiger partial charge is 0.175 e. The van der Waals surface area contributed by atoms with Gasteiger partial charge in [0.25, 0.3) is 0 Å². The normalized spacial score (nSPS) is 10.9. The van der Waals surface area contributed by atoms with E-state index in [9.17, 15) is 18.3 Å². The van der Waals surface area contributed by atoms with Gasteiger partial charge in [0.15, 0.2) is 17.4 Å². The van der Waals surface area contributed by atoms with Gasteiger partial charge in [-0.1, -0.05) is 35.5 Å². The Kier molecular flexibility index (Phi) is 4.16. The Morgan fingerprint density at radius 1 is 0.815 bits per heavy atom. The molecule has 3 nitrogen and oxygen atoms in total. The van der Waals surface area contributed by atoms with Gasteiger partial charge in [0.2, 0.25) is 0 Å². The average Bonchev–Trinajstić information content (AvgIpc) is 3.11. The van der Waals surface area contributed by atoms with Crippen LogP contribution in [0, 0.1) is 17.5 Å². The topological polar surface area (TPSA) is 46.3 Å². The van der Waals surface area contributed by atoms with Crippen LogP contribution in [0.5, 0.6) is 5.75 Å². The number of benzene rings is 3. The summed E-state index contributed by atoms with van der Waals surface area (Å²) in [5.41, 5.74) is 1.16. The van der Waals surface area contributed by atoms with Crippen LogP contribution in [0.3, 0.4) is 0 Å². The van der Waals surface area contributed by atoms with E-state index >= 15 is 0 Å². The highest BCUT2D eigenvalue weighted by molar-refractivity contribution is 5.90. The average molecular weight is 367 g/mol. The third kappa shape index (κ3) is 3.06. The summed E-state index contributed by atoms with van der Waals surface area (Å²) in [6, 6.07) is 16.1. The molecular formula is C21H12F3NO2. The third-order valence-electron chi connectivity index (χ3n) is 4.13. The summed E-state index contributed by atoms with van der Waals surface area (Å²) in [5, 5.41) is 13.5. The number of phenols is 1. The van der Waals surface area contributed by atoms with Crippen LogP contribution < -0.4 is 0 Å². The molecule has 0 amide bonds. The highest BCUT2D eigenvalue weighted by atomic mass is 19.2. The number of rotatable bonds is 3. The van der Waals surface area contributed by atoms with Crippen LogP contribution >= 0.6 is 0 Å². The first-order valence-electron chi connectivity index (χ1n) is 8.04. The number of aromatic nitrogens is 1. The Balaban J connectivity index is 2.03. The number of nitrogens with zero attached hydrogens (tertiary/aromatic N) is 1. The van der Waals surface area contributed by atoms with Gasteiger partial charge < -0.3 is 9.63 Å².